The lowest BCUT2D eigenvalue weighted by molar-refractivity contribution is -0.116. The average molecular weight is 338 g/mol. The maximum atomic E-state index is 12.3. The number of ether oxygens (including phenoxy) is 1. The summed E-state index contributed by atoms with van der Waals surface area (Å²) >= 11 is 0. The van der Waals surface area contributed by atoms with Gasteiger partial charge in [0.1, 0.15) is 0 Å². The highest BCUT2D eigenvalue weighted by molar-refractivity contribution is 6.05. The lowest BCUT2D eigenvalue weighted by Gasteiger charge is -2.09. The topological polar surface area (TPSA) is 84.5 Å². The molecule has 1 atom stereocenters. The molecule has 0 fully saturated rings. The van der Waals surface area contributed by atoms with Gasteiger partial charge in [0.05, 0.1) is 11.5 Å². The number of carbonyl (C=O) groups excluding carboxylic acids is 3. The lowest BCUT2D eigenvalue weighted by Crippen LogP contribution is -2.15. The molecule has 6 heteroatoms. The number of esters is 1. The smallest absolute Gasteiger partial charge is 0.340 e. The summed E-state index contributed by atoms with van der Waals surface area (Å²) in [4.78, 5) is 36.2. The van der Waals surface area contributed by atoms with E-state index in [0.717, 1.165) is 5.56 Å². The van der Waals surface area contributed by atoms with Gasteiger partial charge in [-0.1, -0.05) is 12.1 Å². The maximum Gasteiger partial charge on any atom is 0.340 e. The van der Waals surface area contributed by atoms with Gasteiger partial charge in [-0.05, 0) is 42.8 Å². The highest BCUT2D eigenvalue weighted by Gasteiger charge is 2.27. The predicted molar refractivity (Wildman–Crippen MR) is 94.1 cm³/mol. The van der Waals surface area contributed by atoms with Gasteiger partial charge in [-0.15, -0.1) is 0 Å². The molecule has 0 radical (unpaired) electrons. The third kappa shape index (κ3) is 3.24. The van der Waals surface area contributed by atoms with E-state index in [1.165, 1.54) is 0 Å². The van der Waals surface area contributed by atoms with Crippen molar-refractivity contribution in [2.24, 2.45) is 0 Å². The molecule has 3 rings (SSSR count). The van der Waals surface area contributed by atoms with Crippen molar-refractivity contribution >= 4 is 29.0 Å². The first-order valence-electron chi connectivity index (χ1n) is 7.93. The zero-order chi connectivity index (χ0) is 18.0. The molecular weight excluding hydrogens is 320 g/mol. The van der Waals surface area contributed by atoms with E-state index in [1.807, 2.05) is 0 Å². The number of para-hydroxylation sites is 1. The van der Waals surface area contributed by atoms with Crippen LogP contribution in [0, 0.1) is 0 Å². The van der Waals surface area contributed by atoms with Crippen LogP contribution in [0.3, 0.4) is 0 Å². The quantitative estimate of drug-likeness (QED) is 0.647. The number of Topliss-reactive ketones (excluding diaryl/α,β-unsaturated/α-hetero) is 1. The first-order chi connectivity index (χ1) is 12.0. The number of ketones is 1. The first kappa shape index (κ1) is 16.7. The molecule has 1 aliphatic rings. The molecule has 0 saturated carbocycles. The third-order valence-electron chi connectivity index (χ3n) is 4.24. The molecule has 2 N–H and O–H groups in total. The van der Waals surface area contributed by atoms with Gasteiger partial charge in [-0.25, -0.2) is 4.79 Å². The van der Waals surface area contributed by atoms with Crippen LogP contribution in [0.5, 0.6) is 0 Å². The van der Waals surface area contributed by atoms with Crippen molar-refractivity contribution in [2.75, 3.05) is 24.3 Å². The molecule has 0 bridgehead atoms. The molecule has 0 spiro atoms. The molecule has 25 heavy (non-hydrogen) atoms. The van der Waals surface area contributed by atoms with Crippen molar-refractivity contribution in [3.63, 3.8) is 0 Å². The molecule has 128 valence electrons. The van der Waals surface area contributed by atoms with Crippen LogP contribution < -0.4 is 10.6 Å². The number of hydrogen-bond donors (Lipinski definition) is 2. The van der Waals surface area contributed by atoms with Gasteiger partial charge in [0.15, 0.2) is 12.4 Å². The number of anilines is 2. The Kier molecular flexibility index (Phi) is 4.52. The van der Waals surface area contributed by atoms with Crippen molar-refractivity contribution in [2.45, 2.75) is 12.8 Å². The number of benzene rings is 2. The Bertz CT molecular complexity index is 860. The van der Waals surface area contributed by atoms with Crippen molar-refractivity contribution in [3.05, 3.63) is 59.2 Å². The molecule has 0 aromatic heterocycles. The van der Waals surface area contributed by atoms with E-state index < -0.39 is 5.97 Å². The minimum Gasteiger partial charge on any atom is -0.454 e. The minimum absolute atomic E-state index is 0.0882. The summed E-state index contributed by atoms with van der Waals surface area (Å²) < 4.78 is 5.14. The van der Waals surface area contributed by atoms with E-state index in [1.54, 1.807) is 56.4 Å². The summed E-state index contributed by atoms with van der Waals surface area (Å²) in [5.41, 5.74) is 2.92. The van der Waals surface area contributed by atoms with Crippen LogP contribution in [0.15, 0.2) is 42.5 Å². The molecule has 2 aromatic rings. The Balaban J connectivity index is 1.69. The Labute approximate surface area is 145 Å². The molecule has 2 aromatic carbocycles. The van der Waals surface area contributed by atoms with Crippen LogP contribution in [0.25, 0.3) is 0 Å². The Morgan fingerprint density at radius 1 is 1.20 bits per heavy atom. The third-order valence-corrected chi connectivity index (χ3v) is 4.24. The minimum atomic E-state index is -0.565. The average Bonchev–Trinajstić information content (AvgIpc) is 2.93. The number of amides is 1. The summed E-state index contributed by atoms with van der Waals surface area (Å²) in [6, 6.07) is 11.9. The molecule has 1 heterocycles. The molecule has 0 aliphatic carbocycles. The fourth-order valence-corrected chi connectivity index (χ4v) is 2.76. The van der Waals surface area contributed by atoms with Crippen molar-refractivity contribution in [1.29, 1.82) is 0 Å². The van der Waals surface area contributed by atoms with Crippen LogP contribution >= 0.6 is 0 Å². The summed E-state index contributed by atoms with van der Waals surface area (Å²) in [7, 11) is 1.71. The molecule has 0 unspecified atom stereocenters. The summed E-state index contributed by atoms with van der Waals surface area (Å²) in [5, 5.41) is 5.66. The van der Waals surface area contributed by atoms with Gasteiger partial charge in [0.2, 0.25) is 5.91 Å². The lowest BCUT2D eigenvalue weighted by atomic mass is 9.99. The number of nitrogens with one attached hydrogen (secondary N) is 2. The predicted octanol–water partition coefficient (Wildman–Crippen LogP) is 2.82. The van der Waals surface area contributed by atoms with E-state index in [9.17, 15) is 14.4 Å². The number of rotatable bonds is 5. The normalized spacial score (nSPS) is 15.3. The van der Waals surface area contributed by atoms with Gasteiger partial charge < -0.3 is 15.4 Å². The van der Waals surface area contributed by atoms with Crippen LogP contribution in [-0.4, -0.2) is 31.3 Å². The molecule has 1 aliphatic heterocycles. The van der Waals surface area contributed by atoms with Crippen molar-refractivity contribution in [3.8, 4) is 0 Å². The van der Waals surface area contributed by atoms with Crippen LogP contribution in [0.1, 0.15) is 39.1 Å². The van der Waals surface area contributed by atoms with Crippen LogP contribution in [-0.2, 0) is 9.53 Å². The number of hydrogen-bond acceptors (Lipinski definition) is 5. The number of fused-ring (bicyclic) bond motifs is 1. The highest BCUT2D eigenvalue weighted by Crippen LogP contribution is 2.32. The van der Waals surface area contributed by atoms with E-state index in [-0.39, 0.29) is 24.2 Å². The zero-order valence-corrected chi connectivity index (χ0v) is 14.0. The monoisotopic (exact) mass is 338 g/mol. The summed E-state index contributed by atoms with van der Waals surface area (Å²) in [6.07, 6.45) is 0. The largest absolute Gasteiger partial charge is 0.454 e. The first-order valence-corrected chi connectivity index (χ1v) is 7.93. The Hall–Kier alpha value is -3.15. The summed E-state index contributed by atoms with van der Waals surface area (Å²) in [6.45, 7) is 1.43. The Morgan fingerprint density at radius 2 is 1.96 bits per heavy atom. The van der Waals surface area contributed by atoms with Gasteiger partial charge in [0.25, 0.3) is 0 Å². The van der Waals surface area contributed by atoms with Gasteiger partial charge in [-0.2, -0.15) is 0 Å². The zero-order valence-electron chi connectivity index (χ0n) is 14.0. The van der Waals surface area contributed by atoms with Gasteiger partial charge in [-0.3, -0.25) is 9.59 Å². The van der Waals surface area contributed by atoms with Crippen LogP contribution in [0.4, 0.5) is 11.4 Å². The van der Waals surface area contributed by atoms with Crippen LogP contribution in [0.2, 0.25) is 0 Å². The maximum absolute atomic E-state index is 12.3. The second kappa shape index (κ2) is 6.76. The van der Waals surface area contributed by atoms with E-state index in [2.05, 4.69) is 10.6 Å². The molecule has 1 amide bonds. The second-order valence-electron chi connectivity index (χ2n) is 5.81. The Morgan fingerprint density at radius 3 is 2.72 bits per heavy atom. The fraction of sp³-hybridized carbons (Fsp3) is 0.211. The molecular formula is C19H18N2O4. The van der Waals surface area contributed by atoms with E-state index >= 15 is 0 Å². The van der Waals surface area contributed by atoms with E-state index in [0.29, 0.717) is 22.5 Å². The molecule has 6 nitrogen and oxygen atoms in total. The van der Waals surface area contributed by atoms with Crippen molar-refractivity contribution in [1.82, 2.24) is 0 Å². The SMILES string of the molecule is CNc1ccccc1C(=O)OCC(=O)c1ccc2c(c1)[C@@H](C)C(=O)N2. The van der Waals surface area contributed by atoms with Gasteiger partial charge >= 0.3 is 5.97 Å². The molecule has 0 saturated heterocycles. The number of carbonyl (C=O) groups is 3. The van der Waals surface area contributed by atoms with E-state index in [4.69, 9.17) is 4.74 Å². The fourth-order valence-electron chi connectivity index (χ4n) is 2.76. The van der Waals surface area contributed by atoms with Crippen molar-refractivity contribution < 1.29 is 19.1 Å². The summed E-state index contributed by atoms with van der Waals surface area (Å²) in [5.74, 6) is -1.27. The highest BCUT2D eigenvalue weighted by atomic mass is 16.5. The van der Waals surface area contributed by atoms with Gasteiger partial charge in [0, 0.05) is 24.0 Å². The standard InChI is InChI=1S/C19H18N2O4/c1-11-14-9-12(7-8-16(14)21-18(11)23)17(22)10-25-19(24)13-5-3-4-6-15(13)20-2/h3-9,11,20H,10H2,1-2H3,(H,21,23)/t11-/m1/s1. The second-order valence-corrected chi connectivity index (χ2v) is 5.81.